The molecule has 18 heavy (non-hydrogen) atoms. The molecule has 1 nitrogen and oxygen atoms in total. The molecule has 0 bridgehead atoms. The molecule has 2 aliphatic rings. The maximum absolute atomic E-state index is 12.1. The van der Waals surface area contributed by atoms with E-state index in [-0.39, 0.29) is 5.75 Å². The van der Waals surface area contributed by atoms with E-state index in [9.17, 15) is 13.2 Å². The molecule has 0 aromatic heterocycles. The summed E-state index contributed by atoms with van der Waals surface area (Å²) in [6, 6.07) is 6.45. The van der Waals surface area contributed by atoms with Crippen LogP contribution in [0.15, 0.2) is 24.3 Å². The van der Waals surface area contributed by atoms with Crippen LogP contribution in [-0.2, 0) is 0 Å². The molecule has 0 N–H and O–H groups in total. The summed E-state index contributed by atoms with van der Waals surface area (Å²) in [5.74, 6) is 1.94. The summed E-state index contributed by atoms with van der Waals surface area (Å²) >= 11 is 0. The summed E-state index contributed by atoms with van der Waals surface area (Å²) in [4.78, 5) is 0. The molecule has 1 aromatic rings. The first-order valence-corrected chi connectivity index (χ1v) is 6.38. The first-order chi connectivity index (χ1) is 8.53. The summed E-state index contributed by atoms with van der Waals surface area (Å²) in [7, 11) is 0. The van der Waals surface area contributed by atoms with Crippen LogP contribution < -0.4 is 4.74 Å². The van der Waals surface area contributed by atoms with Gasteiger partial charge in [0.05, 0.1) is 0 Å². The third-order valence-corrected chi connectivity index (χ3v) is 3.76. The van der Waals surface area contributed by atoms with Crippen molar-refractivity contribution in [3.63, 3.8) is 0 Å². The van der Waals surface area contributed by atoms with E-state index in [2.05, 4.69) is 4.74 Å². The Kier molecular flexibility index (Phi) is 2.76. The maximum atomic E-state index is 12.1. The number of benzene rings is 1. The van der Waals surface area contributed by atoms with Gasteiger partial charge in [-0.05, 0) is 61.1 Å². The Hall–Kier alpha value is -1.19. The molecule has 2 aliphatic carbocycles. The highest BCUT2D eigenvalue weighted by Crippen LogP contribution is 2.54. The lowest BCUT2D eigenvalue weighted by Crippen LogP contribution is -2.17. The minimum absolute atomic E-state index is 0.128. The van der Waals surface area contributed by atoms with Gasteiger partial charge in [0.1, 0.15) is 5.75 Å². The first-order valence-electron chi connectivity index (χ1n) is 6.38. The zero-order valence-electron chi connectivity index (χ0n) is 9.91. The van der Waals surface area contributed by atoms with Gasteiger partial charge in [-0.1, -0.05) is 12.1 Å². The Morgan fingerprint density at radius 2 is 1.44 bits per heavy atom. The van der Waals surface area contributed by atoms with Crippen LogP contribution in [0.25, 0.3) is 0 Å². The van der Waals surface area contributed by atoms with Crippen LogP contribution in [0.4, 0.5) is 13.2 Å². The number of halogens is 3. The molecule has 4 heteroatoms. The topological polar surface area (TPSA) is 9.23 Å². The molecule has 0 spiro atoms. The van der Waals surface area contributed by atoms with Crippen molar-refractivity contribution in [1.29, 1.82) is 0 Å². The Bertz CT molecular complexity index is 404. The predicted molar refractivity (Wildman–Crippen MR) is 61.3 cm³/mol. The Morgan fingerprint density at radius 1 is 0.944 bits per heavy atom. The van der Waals surface area contributed by atoms with Crippen LogP contribution in [0.3, 0.4) is 0 Å². The molecular formula is C14H15F3O. The predicted octanol–water partition coefficient (Wildman–Crippen LogP) is 4.49. The van der Waals surface area contributed by atoms with E-state index in [1.165, 1.54) is 43.4 Å². The molecule has 0 amide bonds. The molecule has 0 saturated heterocycles. The van der Waals surface area contributed by atoms with E-state index in [4.69, 9.17) is 0 Å². The summed E-state index contributed by atoms with van der Waals surface area (Å²) in [5.41, 5.74) is 1.18. The molecule has 3 rings (SSSR count). The SMILES string of the molecule is FC(F)(F)Oc1ccc(C(C2CC2)C2CC2)cc1. The van der Waals surface area contributed by atoms with Crippen molar-refractivity contribution in [3.05, 3.63) is 29.8 Å². The minimum atomic E-state index is -4.60. The highest BCUT2D eigenvalue weighted by molar-refractivity contribution is 5.31. The fraction of sp³-hybridized carbons (Fsp3) is 0.571. The maximum Gasteiger partial charge on any atom is 0.573 e. The number of ether oxygens (including phenoxy) is 1. The smallest absolute Gasteiger partial charge is 0.406 e. The molecule has 0 heterocycles. The third-order valence-electron chi connectivity index (χ3n) is 3.76. The standard InChI is InChI=1S/C14H15F3O/c15-14(16,17)18-12-7-5-11(6-8-12)13(9-1-2-9)10-3-4-10/h5-10,13H,1-4H2. The molecule has 2 fully saturated rings. The van der Waals surface area contributed by atoms with Crippen LogP contribution in [0, 0.1) is 11.8 Å². The Labute approximate surface area is 104 Å². The van der Waals surface area contributed by atoms with Crippen molar-refractivity contribution in [2.24, 2.45) is 11.8 Å². The van der Waals surface area contributed by atoms with Gasteiger partial charge in [-0.25, -0.2) is 0 Å². The van der Waals surface area contributed by atoms with E-state index in [0.717, 1.165) is 11.8 Å². The largest absolute Gasteiger partial charge is 0.573 e. The molecule has 1 aromatic carbocycles. The fourth-order valence-electron chi connectivity index (χ4n) is 2.73. The number of rotatable bonds is 4. The van der Waals surface area contributed by atoms with Gasteiger partial charge in [0.2, 0.25) is 0 Å². The average molecular weight is 256 g/mol. The Balaban J connectivity index is 1.73. The normalized spacial score (nSPS) is 20.2. The summed E-state index contributed by atoms with van der Waals surface area (Å²) in [5, 5.41) is 0. The van der Waals surface area contributed by atoms with Crippen molar-refractivity contribution in [3.8, 4) is 5.75 Å². The van der Waals surface area contributed by atoms with Crippen molar-refractivity contribution >= 4 is 0 Å². The summed E-state index contributed by atoms with van der Waals surface area (Å²) in [6.45, 7) is 0. The van der Waals surface area contributed by atoms with Gasteiger partial charge >= 0.3 is 6.36 Å². The lowest BCUT2D eigenvalue weighted by atomic mass is 9.89. The first kappa shape index (κ1) is 11.9. The van der Waals surface area contributed by atoms with Crippen molar-refractivity contribution in [2.45, 2.75) is 38.0 Å². The zero-order valence-corrected chi connectivity index (χ0v) is 9.91. The molecule has 2 saturated carbocycles. The molecule has 0 atom stereocenters. The molecular weight excluding hydrogens is 241 g/mol. The van der Waals surface area contributed by atoms with Crippen LogP contribution in [0.1, 0.15) is 37.2 Å². The van der Waals surface area contributed by atoms with Crippen LogP contribution in [0.5, 0.6) is 5.75 Å². The lowest BCUT2D eigenvalue weighted by Gasteiger charge is -2.16. The fourth-order valence-corrected chi connectivity index (χ4v) is 2.73. The van der Waals surface area contributed by atoms with E-state index in [1.54, 1.807) is 12.1 Å². The molecule has 0 radical (unpaired) electrons. The summed E-state index contributed by atoms with van der Waals surface area (Å²) < 4.78 is 40.1. The van der Waals surface area contributed by atoms with Crippen LogP contribution in [0.2, 0.25) is 0 Å². The minimum Gasteiger partial charge on any atom is -0.406 e. The molecule has 0 unspecified atom stereocenters. The van der Waals surface area contributed by atoms with E-state index >= 15 is 0 Å². The van der Waals surface area contributed by atoms with E-state index in [0.29, 0.717) is 5.92 Å². The van der Waals surface area contributed by atoms with Gasteiger partial charge in [-0.15, -0.1) is 13.2 Å². The van der Waals surface area contributed by atoms with Gasteiger partial charge < -0.3 is 4.74 Å². The lowest BCUT2D eigenvalue weighted by molar-refractivity contribution is -0.274. The highest BCUT2D eigenvalue weighted by atomic mass is 19.4. The van der Waals surface area contributed by atoms with Crippen LogP contribution >= 0.6 is 0 Å². The second-order valence-corrected chi connectivity index (χ2v) is 5.32. The monoisotopic (exact) mass is 256 g/mol. The van der Waals surface area contributed by atoms with Gasteiger partial charge in [0, 0.05) is 0 Å². The summed E-state index contributed by atoms with van der Waals surface area (Å²) in [6.07, 6.45) is 0.460. The second-order valence-electron chi connectivity index (χ2n) is 5.32. The van der Waals surface area contributed by atoms with Gasteiger partial charge in [-0.2, -0.15) is 0 Å². The highest BCUT2D eigenvalue weighted by Gasteiger charge is 2.42. The molecule has 0 aliphatic heterocycles. The van der Waals surface area contributed by atoms with Gasteiger partial charge in [0.25, 0.3) is 0 Å². The third kappa shape index (κ3) is 2.79. The quantitative estimate of drug-likeness (QED) is 0.771. The number of hydrogen-bond acceptors (Lipinski definition) is 1. The Morgan fingerprint density at radius 3 is 1.83 bits per heavy atom. The number of alkyl halides is 3. The van der Waals surface area contributed by atoms with Crippen molar-refractivity contribution < 1.29 is 17.9 Å². The number of hydrogen-bond donors (Lipinski definition) is 0. The average Bonchev–Trinajstić information content (AvgIpc) is 3.10. The zero-order chi connectivity index (χ0) is 12.8. The molecule has 98 valence electrons. The van der Waals surface area contributed by atoms with E-state index in [1.807, 2.05) is 0 Å². The van der Waals surface area contributed by atoms with Crippen molar-refractivity contribution in [2.75, 3.05) is 0 Å². The van der Waals surface area contributed by atoms with Gasteiger partial charge in [0.15, 0.2) is 0 Å². The second kappa shape index (κ2) is 4.18. The van der Waals surface area contributed by atoms with Gasteiger partial charge in [-0.3, -0.25) is 0 Å². The van der Waals surface area contributed by atoms with Crippen molar-refractivity contribution in [1.82, 2.24) is 0 Å². The van der Waals surface area contributed by atoms with Crippen LogP contribution in [-0.4, -0.2) is 6.36 Å². The van der Waals surface area contributed by atoms with E-state index < -0.39 is 6.36 Å².